The molecule has 0 saturated carbocycles. The monoisotopic (exact) mass is 243 g/mol. The Morgan fingerprint density at radius 1 is 1.67 bits per heavy atom. The average molecular weight is 244 g/mol. The zero-order chi connectivity index (χ0) is 11.0. The van der Waals surface area contributed by atoms with Crippen molar-refractivity contribution in [3.05, 3.63) is 27.9 Å². The second-order valence-electron chi connectivity index (χ2n) is 2.90. The highest BCUT2D eigenvalue weighted by molar-refractivity contribution is 7.14. The minimum absolute atomic E-state index is 0.188. The Kier molecular flexibility index (Phi) is 2.50. The van der Waals surface area contributed by atoms with Gasteiger partial charge in [0.1, 0.15) is 4.88 Å². The molecule has 2 aromatic rings. The van der Waals surface area contributed by atoms with Crippen molar-refractivity contribution >= 4 is 28.9 Å². The molecule has 0 aromatic carbocycles. The Labute approximate surface area is 94.1 Å². The lowest BCUT2D eigenvalue weighted by Gasteiger charge is -1.91. The summed E-state index contributed by atoms with van der Waals surface area (Å²) >= 11 is 7.37. The molecule has 78 valence electrons. The number of rotatable bonds is 2. The number of aromatic nitrogens is 1. The van der Waals surface area contributed by atoms with Crippen LogP contribution in [0.15, 0.2) is 16.0 Å². The van der Waals surface area contributed by atoms with Gasteiger partial charge in [0.05, 0.1) is 11.2 Å². The van der Waals surface area contributed by atoms with E-state index in [4.69, 9.17) is 21.1 Å². The maximum Gasteiger partial charge on any atom is 0.373 e. The molecule has 2 rings (SSSR count). The second-order valence-corrected chi connectivity index (χ2v) is 4.15. The number of nitrogens with zero attached hydrogens (tertiary/aromatic N) is 1. The molecule has 0 radical (unpaired) electrons. The summed E-state index contributed by atoms with van der Waals surface area (Å²) in [6, 6.07) is 0. The van der Waals surface area contributed by atoms with Crippen molar-refractivity contribution in [3.8, 4) is 10.8 Å². The van der Waals surface area contributed by atoms with Crippen LogP contribution in [0.2, 0.25) is 5.02 Å². The highest BCUT2D eigenvalue weighted by Crippen LogP contribution is 2.35. The summed E-state index contributed by atoms with van der Waals surface area (Å²) < 4.78 is 5.04. The van der Waals surface area contributed by atoms with Crippen molar-refractivity contribution in [2.24, 2.45) is 0 Å². The highest BCUT2D eigenvalue weighted by atomic mass is 35.5. The summed E-state index contributed by atoms with van der Waals surface area (Å²) in [7, 11) is 0. The fourth-order valence-electron chi connectivity index (χ4n) is 1.05. The molecule has 15 heavy (non-hydrogen) atoms. The van der Waals surface area contributed by atoms with E-state index in [1.165, 1.54) is 17.5 Å². The molecule has 4 nitrogen and oxygen atoms in total. The minimum Gasteiger partial charge on any atom is -0.475 e. The fourth-order valence-corrected chi connectivity index (χ4v) is 2.26. The van der Waals surface area contributed by atoms with E-state index in [2.05, 4.69) is 4.98 Å². The van der Waals surface area contributed by atoms with Crippen LogP contribution in [-0.4, -0.2) is 16.1 Å². The lowest BCUT2D eigenvalue weighted by molar-refractivity contribution is 0.0663. The van der Waals surface area contributed by atoms with Crippen LogP contribution < -0.4 is 0 Å². The van der Waals surface area contributed by atoms with E-state index in [0.717, 1.165) is 5.56 Å². The molecule has 0 atom stereocenters. The number of carboxylic acid groups (broad SMARTS) is 1. The summed E-state index contributed by atoms with van der Waals surface area (Å²) in [6.45, 7) is 1.86. The smallest absolute Gasteiger partial charge is 0.373 e. The van der Waals surface area contributed by atoms with Crippen molar-refractivity contribution in [1.29, 1.82) is 0 Å². The molecule has 6 heteroatoms. The van der Waals surface area contributed by atoms with Gasteiger partial charge in [-0.05, 0) is 17.9 Å². The van der Waals surface area contributed by atoms with Crippen molar-refractivity contribution in [3.63, 3.8) is 0 Å². The van der Waals surface area contributed by atoms with Gasteiger partial charge < -0.3 is 9.52 Å². The largest absolute Gasteiger partial charge is 0.475 e. The molecule has 0 amide bonds. The normalized spacial score (nSPS) is 10.5. The first-order valence-corrected chi connectivity index (χ1v) is 5.28. The third-order valence-electron chi connectivity index (χ3n) is 1.81. The molecule has 0 saturated heterocycles. The van der Waals surface area contributed by atoms with Gasteiger partial charge in [-0.15, -0.1) is 11.3 Å². The number of thiophene rings is 1. The summed E-state index contributed by atoms with van der Waals surface area (Å²) in [5, 5.41) is 11.1. The molecular weight excluding hydrogens is 238 g/mol. The summed E-state index contributed by atoms with van der Waals surface area (Å²) in [6.07, 6.45) is 1.17. The van der Waals surface area contributed by atoms with E-state index in [-0.39, 0.29) is 11.7 Å². The molecule has 0 unspecified atom stereocenters. The third kappa shape index (κ3) is 1.75. The number of aryl methyl sites for hydroxylation is 1. The maximum absolute atomic E-state index is 10.6. The number of aromatic carboxylic acids is 1. The topological polar surface area (TPSA) is 63.3 Å². The Hall–Kier alpha value is -1.33. The van der Waals surface area contributed by atoms with Crippen LogP contribution in [0, 0.1) is 6.92 Å². The van der Waals surface area contributed by atoms with Crippen LogP contribution in [-0.2, 0) is 0 Å². The molecule has 1 N–H and O–H groups in total. The van der Waals surface area contributed by atoms with Gasteiger partial charge in [-0.1, -0.05) is 11.6 Å². The Morgan fingerprint density at radius 2 is 2.40 bits per heavy atom. The third-order valence-corrected chi connectivity index (χ3v) is 3.49. The summed E-state index contributed by atoms with van der Waals surface area (Å²) in [4.78, 5) is 15.1. The Morgan fingerprint density at radius 3 is 2.87 bits per heavy atom. The van der Waals surface area contributed by atoms with Gasteiger partial charge in [-0.2, -0.15) is 0 Å². The standard InChI is InChI=1S/C9H6ClNO3S/c1-4-3-15-7(6(4)10)8-11-2-5(14-8)9(12)13/h2-3H,1H3,(H,12,13). The van der Waals surface area contributed by atoms with E-state index in [9.17, 15) is 4.79 Å². The zero-order valence-electron chi connectivity index (χ0n) is 7.65. The number of halogens is 1. The molecule has 0 bridgehead atoms. The molecule has 0 aliphatic carbocycles. The van der Waals surface area contributed by atoms with Gasteiger partial charge in [-0.3, -0.25) is 0 Å². The van der Waals surface area contributed by atoms with E-state index in [0.29, 0.717) is 9.90 Å². The maximum atomic E-state index is 10.6. The fraction of sp³-hybridized carbons (Fsp3) is 0.111. The lowest BCUT2D eigenvalue weighted by atomic mass is 10.3. The summed E-state index contributed by atoms with van der Waals surface area (Å²) in [5.74, 6) is -1.08. The number of oxazole rings is 1. The first kappa shape index (κ1) is 10.2. The van der Waals surface area contributed by atoms with Crippen LogP contribution >= 0.6 is 22.9 Å². The average Bonchev–Trinajstić information content (AvgIpc) is 2.76. The Bertz CT molecular complexity index is 517. The molecule has 2 heterocycles. The number of hydrogen-bond acceptors (Lipinski definition) is 4. The van der Waals surface area contributed by atoms with Crippen molar-refractivity contribution in [1.82, 2.24) is 4.98 Å². The van der Waals surface area contributed by atoms with E-state index in [1.807, 2.05) is 12.3 Å². The Balaban J connectivity index is 2.46. The van der Waals surface area contributed by atoms with Gasteiger partial charge in [0.25, 0.3) is 0 Å². The molecule has 0 fully saturated rings. The van der Waals surface area contributed by atoms with Crippen molar-refractivity contribution in [2.75, 3.05) is 0 Å². The SMILES string of the molecule is Cc1csc(-c2ncc(C(=O)O)o2)c1Cl. The van der Waals surface area contributed by atoms with Gasteiger partial charge in [0, 0.05) is 0 Å². The number of carbonyl (C=O) groups is 1. The molecule has 0 aliphatic heterocycles. The van der Waals surface area contributed by atoms with Crippen molar-refractivity contribution in [2.45, 2.75) is 6.92 Å². The van der Waals surface area contributed by atoms with Crippen LogP contribution in [0.3, 0.4) is 0 Å². The second kappa shape index (κ2) is 3.67. The van der Waals surface area contributed by atoms with Crippen LogP contribution in [0.5, 0.6) is 0 Å². The van der Waals surface area contributed by atoms with Crippen LogP contribution in [0.1, 0.15) is 16.1 Å². The molecule has 2 aromatic heterocycles. The van der Waals surface area contributed by atoms with Gasteiger partial charge >= 0.3 is 5.97 Å². The molecule has 0 spiro atoms. The van der Waals surface area contributed by atoms with E-state index in [1.54, 1.807) is 0 Å². The van der Waals surface area contributed by atoms with Gasteiger partial charge in [0.2, 0.25) is 11.7 Å². The van der Waals surface area contributed by atoms with E-state index < -0.39 is 5.97 Å². The quantitative estimate of drug-likeness (QED) is 0.881. The number of carboxylic acids is 1. The predicted molar refractivity (Wildman–Crippen MR) is 56.5 cm³/mol. The lowest BCUT2D eigenvalue weighted by Crippen LogP contribution is -1.91. The summed E-state index contributed by atoms with van der Waals surface area (Å²) in [5.41, 5.74) is 0.923. The van der Waals surface area contributed by atoms with Crippen LogP contribution in [0.25, 0.3) is 10.8 Å². The minimum atomic E-state index is -1.14. The first-order valence-electron chi connectivity index (χ1n) is 4.02. The number of hydrogen-bond donors (Lipinski definition) is 1. The van der Waals surface area contributed by atoms with Crippen LogP contribution in [0.4, 0.5) is 0 Å². The zero-order valence-corrected chi connectivity index (χ0v) is 9.22. The molecular formula is C9H6ClNO3S. The van der Waals surface area contributed by atoms with Gasteiger partial charge in [-0.25, -0.2) is 9.78 Å². The highest BCUT2D eigenvalue weighted by Gasteiger charge is 2.16. The molecule has 0 aliphatic rings. The van der Waals surface area contributed by atoms with Gasteiger partial charge in [0.15, 0.2) is 0 Å². The first-order chi connectivity index (χ1) is 7.09. The van der Waals surface area contributed by atoms with Crippen molar-refractivity contribution < 1.29 is 14.3 Å². The van der Waals surface area contributed by atoms with E-state index >= 15 is 0 Å². The predicted octanol–water partition coefficient (Wildman–Crippen LogP) is 3.06.